The molecule has 10 heteroatoms. The Labute approximate surface area is 177 Å². The molecule has 0 aromatic heterocycles. The highest BCUT2D eigenvalue weighted by Crippen LogP contribution is 2.73. The maximum Gasteiger partial charge on any atom is 0.394 e. The number of aryl methyl sites for hydroxylation is 1. The second kappa shape index (κ2) is 6.72. The van der Waals surface area contributed by atoms with Crippen LogP contribution in [0.3, 0.4) is 0 Å². The van der Waals surface area contributed by atoms with Gasteiger partial charge in [-0.1, -0.05) is 30.3 Å². The summed E-state index contributed by atoms with van der Waals surface area (Å²) in [5, 5.41) is 2.67. The summed E-state index contributed by atoms with van der Waals surface area (Å²) in [4.78, 5) is 15.9. The molecule has 0 atom stereocenters. The van der Waals surface area contributed by atoms with Crippen molar-refractivity contribution in [2.75, 3.05) is 4.72 Å². The third-order valence-corrected chi connectivity index (χ3v) is 7.33. The van der Waals surface area contributed by atoms with Gasteiger partial charge in [0.15, 0.2) is 5.69 Å². The fraction of sp³-hybridized carbons (Fsp3) is 0.333. The maximum atomic E-state index is 13.1. The van der Waals surface area contributed by atoms with Gasteiger partial charge in [0.25, 0.3) is 15.9 Å². The van der Waals surface area contributed by atoms with Crippen molar-refractivity contribution in [2.24, 2.45) is 5.41 Å². The van der Waals surface area contributed by atoms with Crippen LogP contribution in [0.15, 0.2) is 47.4 Å². The summed E-state index contributed by atoms with van der Waals surface area (Å²) in [5.41, 5.74) is -1.55. The van der Waals surface area contributed by atoms with Gasteiger partial charge in [-0.2, -0.15) is 13.2 Å². The smallest absolute Gasteiger partial charge is 0.346 e. The molecule has 2 aromatic rings. The third kappa shape index (κ3) is 3.53. The van der Waals surface area contributed by atoms with Crippen molar-refractivity contribution in [1.29, 1.82) is 0 Å². The van der Waals surface area contributed by atoms with E-state index in [1.807, 2.05) is 0 Å². The quantitative estimate of drug-likeness (QED) is 0.657. The first-order valence-electron chi connectivity index (χ1n) is 9.39. The van der Waals surface area contributed by atoms with Crippen molar-refractivity contribution < 1.29 is 26.4 Å². The molecule has 3 saturated carbocycles. The number of carbonyl (C=O) groups excluding carboxylic acids is 1. The van der Waals surface area contributed by atoms with Crippen LogP contribution in [-0.4, -0.2) is 26.0 Å². The Morgan fingerprint density at radius 1 is 1.10 bits per heavy atom. The Hall–Kier alpha value is -3.06. The Morgan fingerprint density at radius 2 is 1.71 bits per heavy atom. The normalized spacial score (nSPS) is 24.4. The number of rotatable bonds is 5. The lowest BCUT2D eigenvalue weighted by molar-refractivity contribution is -0.336. The molecule has 0 heterocycles. The highest BCUT2D eigenvalue weighted by atomic mass is 32.2. The van der Waals surface area contributed by atoms with E-state index >= 15 is 0 Å². The summed E-state index contributed by atoms with van der Waals surface area (Å²) in [6.45, 7) is 8.66. The number of amides is 1. The minimum Gasteiger partial charge on any atom is -0.346 e. The third-order valence-electron chi connectivity index (χ3n) is 5.95. The average molecular weight is 449 g/mol. The van der Waals surface area contributed by atoms with Gasteiger partial charge in [-0.25, -0.2) is 13.3 Å². The van der Waals surface area contributed by atoms with Gasteiger partial charge >= 0.3 is 6.18 Å². The molecule has 0 spiro atoms. The molecule has 0 radical (unpaired) electrons. The number of halogens is 3. The summed E-state index contributed by atoms with van der Waals surface area (Å²) in [6.07, 6.45) is -4.76. The lowest BCUT2D eigenvalue weighted by Crippen LogP contribution is -2.78. The first kappa shape index (κ1) is 21.2. The van der Waals surface area contributed by atoms with E-state index in [0.717, 1.165) is 0 Å². The minimum absolute atomic E-state index is 0.0257. The molecule has 3 aliphatic carbocycles. The van der Waals surface area contributed by atoms with Gasteiger partial charge in [0.05, 0.1) is 28.1 Å². The molecule has 2 aromatic carbocycles. The molecule has 31 heavy (non-hydrogen) atoms. The Morgan fingerprint density at radius 3 is 2.26 bits per heavy atom. The Kier molecular flexibility index (Phi) is 4.59. The number of carbonyl (C=O) groups is 1. The molecular formula is C21H18F3N3O3S. The molecule has 3 aliphatic rings. The number of nitrogens with zero attached hydrogens (tertiary/aromatic N) is 1. The zero-order chi connectivity index (χ0) is 22.7. The summed E-state index contributed by atoms with van der Waals surface area (Å²) < 4.78 is 67.0. The molecular weight excluding hydrogens is 431 g/mol. The fourth-order valence-corrected chi connectivity index (χ4v) is 5.44. The highest BCUT2D eigenvalue weighted by Gasteiger charge is 2.79. The fourth-order valence-electron chi connectivity index (χ4n) is 4.37. The van der Waals surface area contributed by atoms with Crippen molar-refractivity contribution >= 4 is 27.3 Å². The van der Waals surface area contributed by atoms with Gasteiger partial charge in [0.1, 0.15) is 0 Å². The first-order valence-corrected chi connectivity index (χ1v) is 10.9. The van der Waals surface area contributed by atoms with Crippen LogP contribution in [0.4, 0.5) is 24.5 Å². The lowest BCUT2D eigenvalue weighted by atomic mass is 9.39. The largest absolute Gasteiger partial charge is 0.394 e. The number of hydrogen-bond donors (Lipinski definition) is 2. The molecule has 2 bridgehead atoms. The highest BCUT2D eigenvalue weighted by molar-refractivity contribution is 7.92. The predicted octanol–water partition coefficient (Wildman–Crippen LogP) is 4.56. The second-order valence-electron chi connectivity index (χ2n) is 8.30. The number of sulfonamides is 1. The van der Waals surface area contributed by atoms with Crippen LogP contribution < -0.4 is 10.0 Å². The van der Waals surface area contributed by atoms with Gasteiger partial charge < -0.3 is 5.32 Å². The molecule has 162 valence electrons. The molecule has 0 saturated heterocycles. The van der Waals surface area contributed by atoms with Crippen molar-refractivity contribution in [3.63, 3.8) is 0 Å². The number of hydrogen-bond acceptors (Lipinski definition) is 3. The molecule has 0 unspecified atom stereocenters. The molecule has 3 fully saturated rings. The summed E-state index contributed by atoms with van der Waals surface area (Å²) in [5.74, 6) is -0.628. The SMILES string of the molecule is [C-]#[N+]c1ccc(S(=O)(=O)Nc2cc(C)ccc2C(=O)NC23CC(C(F)(F)F)(C2)C3)cc1. The molecule has 1 amide bonds. The van der Waals surface area contributed by atoms with Crippen LogP contribution in [0.2, 0.25) is 0 Å². The minimum atomic E-state index is -4.28. The van der Waals surface area contributed by atoms with Crippen molar-refractivity contribution in [3.05, 3.63) is 65.0 Å². The van der Waals surface area contributed by atoms with Gasteiger partial charge in [-0.15, -0.1) is 0 Å². The summed E-state index contributed by atoms with van der Waals surface area (Å²) in [7, 11) is -4.05. The van der Waals surface area contributed by atoms with E-state index < -0.39 is 33.1 Å². The van der Waals surface area contributed by atoms with E-state index in [-0.39, 0.29) is 41.1 Å². The van der Waals surface area contributed by atoms with Crippen LogP contribution in [0, 0.1) is 18.9 Å². The van der Waals surface area contributed by atoms with Gasteiger partial charge in [0.2, 0.25) is 0 Å². The van der Waals surface area contributed by atoms with Crippen LogP contribution >= 0.6 is 0 Å². The van der Waals surface area contributed by atoms with Crippen LogP contribution in [0.25, 0.3) is 4.85 Å². The first-order chi connectivity index (χ1) is 14.4. The summed E-state index contributed by atoms with van der Waals surface area (Å²) >= 11 is 0. The molecule has 0 aliphatic heterocycles. The van der Waals surface area contributed by atoms with E-state index in [1.165, 1.54) is 36.4 Å². The van der Waals surface area contributed by atoms with Crippen molar-refractivity contribution in [2.45, 2.75) is 42.8 Å². The Balaban J connectivity index is 1.54. The number of alkyl halides is 3. The molecule has 6 nitrogen and oxygen atoms in total. The standard InChI is InChI=1S/C21H18F3N3O3S/c1-13-3-8-16(18(28)26-20-10-19(11-20,12-20)21(22,23)24)17(9-13)27-31(29,30)15-6-4-14(25-2)5-7-15/h3-9,27H,10-12H2,1H3,(H,26,28). The zero-order valence-electron chi connectivity index (χ0n) is 16.4. The van der Waals surface area contributed by atoms with Crippen molar-refractivity contribution in [1.82, 2.24) is 5.32 Å². The second-order valence-corrected chi connectivity index (χ2v) is 9.99. The number of nitrogens with one attached hydrogen (secondary N) is 2. The van der Waals surface area contributed by atoms with E-state index in [9.17, 15) is 26.4 Å². The number of benzene rings is 2. The lowest BCUT2D eigenvalue weighted by Gasteiger charge is -2.70. The monoisotopic (exact) mass is 449 g/mol. The van der Waals surface area contributed by atoms with Gasteiger partial charge in [0, 0.05) is 5.54 Å². The van der Waals surface area contributed by atoms with E-state index in [1.54, 1.807) is 13.0 Å². The topological polar surface area (TPSA) is 79.6 Å². The predicted molar refractivity (Wildman–Crippen MR) is 107 cm³/mol. The van der Waals surface area contributed by atoms with Gasteiger partial charge in [-0.3, -0.25) is 9.52 Å². The van der Waals surface area contributed by atoms with E-state index in [2.05, 4.69) is 14.9 Å². The van der Waals surface area contributed by atoms with Crippen LogP contribution in [0.5, 0.6) is 0 Å². The summed E-state index contributed by atoms with van der Waals surface area (Å²) in [6, 6.07) is 9.84. The molecule has 5 rings (SSSR count). The van der Waals surface area contributed by atoms with Gasteiger partial charge in [-0.05, 0) is 43.9 Å². The Bertz CT molecular complexity index is 1200. The van der Waals surface area contributed by atoms with E-state index in [0.29, 0.717) is 5.56 Å². The van der Waals surface area contributed by atoms with Crippen LogP contribution in [-0.2, 0) is 10.0 Å². The average Bonchev–Trinajstić information content (AvgIpc) is 2.62. The van der Waals surface area contributed by atoms with Crippen LogP contribution in [0.1, 0.15) is 35.2 Å². The van der Waals surface area contributed by atoms with Crippen molar-refractivity contribution in [3.8, 4) is 0 Å². The molecule has 2 N–H and O–H groups in total. The maximum absolute atomic E-state index is 13.1. The van der Waals surface area contributed by atoms with E-state index in [4.69, 9.17) is 6.57 Å². The zero-order valence-corrected chi connectivity index (χ0v) is 17.2. The number of anilines is 1.